The molecule has 0 amide bonds. The van der Waals surface area contributed by atoms with E-state index in [2.05, 4.69) is 99.8 Å². The van der Waals surface area contributed by atoms with Crippen molar-refractivity contribution in [3.8, 4) is 0 Å². The van der Waals surface area contributed by atoms with Gasteiger partial charge in [0.2, 0.25) is 0 Å². The van der Waals surface area contributed by atoms with Crippen molar-refractivity contribution < 1.29 is 0 Å². The summed E-state index contributed by atoms with van der Waals surface area (Å²) >= 11 is 7.13. The summed E-state index contributed by atoms with van der Waals surface area (Å²) in [7, 11) is 6.56. The molecule has 5 fully saturated rings. The molecule has 5 aliphatic heterocycles. The molecule has 0 saturated carbocycles. The van der Waals surface area contributed by atoms with Gasteiger partial charge in [-0.15, -0.1) is 0 Å². The fraction of sp³-hybridized carbons (Fsp3) is 1.00. The third kappa shape index (κ3) is 20.8. The fourth-order valence-electron chi connectivity index (χ4n) is 3.79. The normalized spacial score (nSPS) is 28.3. The van der Waals surface area contributed by atoms with Gasteiger partial charge in [0.05, 0.1) is 0 Å². The van der Waals surface area contributed by atoms with Crippen LogP contribution >= 0.6 is 30.5 Å². The first-order chi connectivity index (χ1) is 19.0. The van der Waals surface area contributed by atoms with Crippen molar-refractivity contribution in [3.05, 3.63) is 0 Å². The summed E-state index contributed by atoms with van der Waals surface area (Å²) in [6, 6.07) is 0. The zero-order valence-electron chi connectivity index (χ0n) is 26.9. The van der Waals surface area contributed by atoms with Crippen molar-refractivity contribution in [1.82, 2.24) is 0 Å². The molecule has 0 aromatic carbocycles. The molecule has 0 spiro atoms. The van der Waals surface area contributed by atoms with Crippen LogP contribution in [0.4, 0.5) is 0 Å². The average molecular weight is 1070 g/mol. The van der Waals surface area contributed by atoms with Crippen LogP contribution in [0, 0.1) is 41.4 Å². The van der Waals surface area contributed by atoms with Crippen molar-refractivity contribution in [1.29, 1.82) is 0 Å². The number of hydrogen-bond donors (Lipinski definition) is 0. The van der Waals surface area contributed by atoms with E-state index in [-0.39, 0.29) is 0 Å². The van der Waals surface area contributed by atoms with Crippen molar-refractivity contribution in [2.75, 3.05) is 11.5 Å². The van der Waals surface area contributed by atoms with Gasteiger partial charge in [-0.1, -0.05) is 0 Å². The Hall–Kier alpha value is 4.69. The maximum absolute atomic E-state index is 2.37. The van der Waals surface area contributed by atoms with Crippen molar-refractivity contribution >= 4 is 125 Å². The maximum atomic E-state index is 2.37. The molecule has 5 heterocycles. The quantitative estimate of drug-likeness (QED) is 0.252. The SMILES string of the molecule is CC(C)C1CCS[Se]1.CC(C)C1CC[Se]S1.CC(C)C1CC[Se][Se]1.CC(C)C1CS[Se]C1.CC(C)C1C[Se][Se]C1. The number of hydrogen-bond acceptors (Lipinski definition) is 3. The van der Waals surface area contributed by atoms with Gasteiger partial charge in [0, 0.05) is 0 Å². The van der Waals surface area contributed by atoms with E-state index in [1.807, 2.05) is 0 Å². The fourth-order valence-corrected chi connectivity index (χ4v) is 41.8. The predicted molar refractivity (Wildman–Crippen MR) is 203 cm³/mol. The van der Waals surface area contributed by atoms with Crippen LogP contribution in [0.25, 0.3) is 0 Å². The van der Waals surface area contributed by atoms with Gasteiger partial charge >= 0.3 is 307 Å². The third-order valence-electron chi connectivity index (χ3n) is 7.44. The summed E-state index contributed by atoms with van der Waals surface area (Å²) in [4.78, 5) is 2.25. The van der Waals surface area contributed by atoms with E-state index in [9.17, 15) is 0 Å². The summed E-state index contributed by atoms with van der Waals surface area (Å²) in [5.41, 5.74) is 0. The Morgan fingerprint density at radius 3 is 1.45 bits per heavy atom. The molecule has 0 nitrogen and oxygen atoms in total. The minimum atomic E-state index is 0.921. The van der Waals surface area contributed by atoms with Crippen LogP contribution in [-0.4, -0.2) is 111 Å². The summed E-state index contributed by atoms with van der Waals surface area (Å²) < 4.78 is 0. The van der Waals surface area contributed by atoms with Gasteiger partial charge in [-0.25, -0.2) is 0 Å². The van der Waals surface area contributed by atoms with E-state index in [0.29, 0.717) is 0 Å². The van der Waals surface area contributed by atoms with Crippen LogP contribution in [0.2, 0.25) is 36.2 Å². The van der Waals surface area contributed by atoms with Gasteiger partial charge in [0.15, 0.2) is 0 Å². The van der Waals surface area contributed by atoms with E-state index in [1.54, 1.807) is 22.4 Å². The molecule has 40 heavy (non-hydrogen) atoms. The monoisotopic (exact) mass is 1080 g/mol. The molecule has 0 aliphatic carbocycles. The van der Waals surface area contributed by atoms with Crippen LogP contribution in [-0.2, 0) is 0 Å². The third-order valence-corrected chi connectivity index (χ3v) is 39.9. The van der Waals surface area contributed by atoms with Crippen molar-refractivity contribution in [2.24, 2.45) is 41.4 Å². The summed E-state index contributed by atoms with van der Waals surface area (Å²) in [6.07, 6.45) is 4.53. The Morgan fingerprint density at radius 1 is 0.550 bits per heavy atom. The predicted octanol–water partition coefficient (Wildman–Crippen LogP) is 9.42. The Morgan fingerprint density at radius 2 is 1.20 bits per heavy atom. The summed E-state index contributed by atoms with van der Waals surface area (Å²) in [5, 5.41) is 8.80. The van der Waals surface area contributed by atoms with Crippen LogP contribution < -0.4 is 0 Å². The second-order valence-corrected chi connectivity index (χ2v) is 41.7. The Labute approximate surface area is 303 Å². The van der Waals surface area contributed by atoms with Gasteiger partial charge in [-0.05, 0) is 0 Å². The van der Waals surface area contributed by atoms with Crippen LogP contribution in [0.5, 0.6) is 0 Å². The second-order valence-electron chi connectivity index (χ2n) is 12.6. The Balaban J connectivity index is 0.000000250. The van der Waals surface area contributed by atoms with Gasteiger partial charge in [0.1, 0.15) is 0 Å². The average Bonchev–Trinajstić information content (AvgIpc) is 3.74. The van der Waals surface area contributed by atoms with E-state index in [0.717, 1.165) is 150 Å². The molecule has 0 aromatic heterocycles. The van der Waals surface area contributed by atoms with Gasteiger partial charge in [-0.2, -0.15) is 0 Å². The zero-order valence-corrected chi connectivity index (χ0v) is 41.4. The second kappa shape index (κ2) is 26.6. The van der Waals surface area contributed by atoms with Gasteiger partial charge in [-0.3, -0.25) is 0 Å². The van der Waals surface area contributed by atoms with Gasteiger partial charge < -0.3 is 0 Å². The van der Waals surface area contributed by atoms with Crippen molar-refractivity contribution in [3.63, 3.8) is 0 Å². The molecular formula is C30H60S3Se7. The first kappa shape index (κ1) is 42.7. The molecule has 5 saturated heterocycles. The molecule has 0 N–H and O–H groups in total. The van der Waals surface area contributed by atoms with E-state index >= 15 is 0 Å². The Bertz CT molecular complexity index is 450. The van der Waals surface area contributed by atoms with Crippen LogP contribution in [0.3, 0.4) is 0 Å². The molecule has 0 aromatic rings. The molecule has 4 unspecified atom stereocenters. The molecule has 10 heteroatoms. The summed E-state index contributed by atoms with van der Waals surface area (Å²) in [5.74, 6) is 9.82. The van der Waals surface area contributed by atoms with E-state index in [4.69, 9.17) is 0 Å². The molecular weight excluding hydrogens is 1010 g/mol. The van der Waals surface area contributed by atoms with Crippen LogP contribution in [0.15, 0.2) is 0 Å². The molecule has 4 atom stereocenters. The zero-order chi connectivity index (χ0) is 29.9. The van der Waals surface area contributed by atoms with E-state index in [1.165, 1.54) is 35.0 Å². The first-order valence-electron chi connectivity index (χ1n) is 15.4. The number of rotatable bonds is 5. The Kier molecular flexibility index (Phi) is 28.4. The molecule has 240 valence electrons. The van der Waals surface area contributed by atoms with Crippen LogP contribution in [0.1, 0.15) is 88.5 Å². The topological polar surface area (TPSA) is 0 Å². The molecule has 5 aliphatic rings. The summed E-state index contributed by atoms with van der Waals surface area (Å²) in [6.45, 7) is 23.5. The van der Waals surface area contributed by atoms with Gasteiger partial charge in [0.25, 0.3) is 0 Å². The minimum absolute atomic E-state index is 0.921. The molecule has 0 bridgehead atoms. The first-order valence-corrected chi connectivity index (χ1v) is 41.0. The molecule has 5 rings (SSSR count). The van der Waals surface area contributed by atoms with Crippen molar-refractivity contribution in [2.45, 2.75) is 130 Å². The molecule has 0 radical (unpaired) electrons. The van der Waals surface area contributed by atoms with E-state index < -0.39 is 0 Å². The standard InChI is InChI=1S/3C6H12SSe.2C6H12Se2/c1-5(2)6-3-7-8-4-6;1-5(2)6-3-4-8-7-6;1-5(2)6-3-4-7-8-6;1-5(2)6-3-7-8-4-6;1-5(2)6-3-4-7-8-6/h5*5-6H,3-4H2,1-2H3.